The molecule has 2 fully saturated rings. The summed E-state index contributed by atoms with van der Waals surface area (Å²) in [5, 5.41) is 14.6. The minimum Gasteiger partial charge on any atom is -0.392 e. The Hall–Kier alpha value is -0.900. The number of aromatic nitrogens is 3. The van der Waals surface area contributed by atoms with Crippen LogP contribution in [0.3, 0.4) is 0 Å². The molecular formula is C15H25N3O. The highest BCUT2D eigenvalue weighted by Crippen LogP contribution is 2.43. The highest BCUT2D eigenvalue weighted by molar-refractivity contribution is 4.92. The maximum atomic E-state index is 10.5. The molecule has 1 N–H and O–H groups in total. The summed E-state index contributed by atoms with van der Waals surface area (Å²) < 4.78 is 1.77. The molecule has 2 aliphatic rings. The number of hydrogen-bond donors (Lipinski definition) is 1. The molecule has 4 unspecified atom stereocenters. The van der Waals surface area contributed by atoms with E-state index in [4.69, 9.17) is 0 Å². The average molecular weight is 263 g/mol. The number of fused-ring (bicyclic) bond motifs is 1. The van der Waals surface area contributed by atoms with Crippen molar-refractivity contribution in [1.82, 2.24) is 14.8 Å². The van der Waals surface area contributed by atoms with Crippen molar-refractivity contribution in [3.05, 3.63) is 12.2 Å². The van der Waals surface area contributed by atoms with Gasteiger partial charge in [-0.15, -0.1) is 0 Å². The highest BCUT2D eigenvalue weighted by Gasteiger charge is 2.35. The Kier molecular flexibility index (Phi) is 3.87. The van der Waals surface area contributed by atoms with E-state index >= 15 is 0 Å². The molecule has 0 aliphatic heterocycles. The Morgan fingerprint density at radius 2 is 2.05 bits per heavy atom. The van der Waals surface area contributed by atoms with Gasteiger partial charge in [0.2, 0.25) is 0 Å². The molecule has 0 spiro atoms. The van der Waals surface area contributed by atoms with Gasteiger partial charge in [-0.25, -0.2) is 4.98 Å². The van der Waals surface area contributed by atoms with E-state index in [2.05, 4.69) is 10.1 Å². The first-order valence-electron chi connectivity index (χ1n) is 7.75. The summed E-state index contributed by atoms with van der Waals surface area (Å²) in [7, 11) is 1.90. The molecule has 0 bridgehead atoms. The number of rotatable bonds is 3. The predicted octanol–water partition coefficient (Wildman–Crippen LogP) is 2.33. The van der Waals surface area contributed by atoms with Gasteiger partial charge in [-0.2, -0.15) is 5.10 Å². The van der Waals surface area contributed by atoms with Crippen LogP contribution in [0.2, 0.25) is 0 Å². The van der Waals surface area contributed by atoms with Gasteiger partial charge in [0.15, 0.2) is 0 Å². The summed E-state index contributed by atoms with van der Waals surface area (Å²) in [6.45, 7) is 0. The minimum absolute atomic E-state index is 0.245. The Morgan fingerprint density at radius 3 is 2.79 bits per heavy atom. The molecule has 1 aromatic heterocycles. The van der Waals surface area contributed by atoms with Crippen molar-refractivity contribution in [2.75, 3.05) is 0 Å². The molecule has 4 atom stereocenters. The minimum atomic E-state index is -0.245. The monoisotopic (exact) mass is 263 g/mol. The number of aliphatic hydroxyl groups is 1. The van der Waals surface area contributed by atoms with Crippen LogP contribution in [0.25, 0.3) is 0 Å². The topological polar surface area (TPSA) is 50.9 Å². The van der Waals surface area contributed by atoms with Crippen LogP contribution in [0, 0.1) is 17.8 Å². The standard InChI is InChI=1S/C15H25N3O/c1-18-15(16-10-17-18)9-14(19)13-7-6-11-4-2-3-5-12(11)8-13/h10-14,19H,2-9H2,1H3. The van der Waals surface area contributed by atoms with Gasteiger partial charge < -0.3 is 5.11 Å². The smallest absolute Gasteiger partial charge is 0.138 e. The average Bonchev–Trinajstić information content (AvgIpc) is 2.84. The van der Waals surface area contributed by atoms with Crippen molar-refractivity contribution in [2.45, 2.75) is 57.5 Å². The lowest BCUT2D eigenvalue weighted by molar-refractivity contribution is 0.0346. The Labute approximate surface area is 115 Å². The van der Waals surface area contributed by atoms with E-state index in [9.17, 15) is 5.11 Å². The van der Waals surface area contributed by atoms with Crippen molar-refractivity contribution in [3.63, 3.8) is 0 Å². The van der Waals surface area contributed by atoms with Gasteiger partial charge in [-0.05, 0) is 37.0 Å². The molecule has 2 aliphatic carbocycles. The predicted molar refractivity (Wildman–Crippen MR) is 73.5 cm³/mol. The third-order valence-electron chi connectivity index (χ3n) is 5.32. The third-order valence-corrected chi connectivity index (χ3v) is 5.32. The maximum Gasteiger partial charge on any atom is 0.138 e. The summed E-state index contributed by atoms with van der Waals surface area (Å²) in [6, 6.07) is 0. The number of hydrogen-bond acceptors (Lipinski definition) is 3. The molecule has 2 saturated carbocycles. The van der Waals surface area contributed by atoms with E-state index in [1.54, 1.807) is 11.0 Å². The first-order valence-corrected chi connectivity index (χ1v) is 7.75. The van der Waals surface area contributed by atoms with Crippen LogP contribution in [0.15, 0.2) is 6.33 Å². The van der Waals surface area contributed by atoms with Crippen LogP contribution >= 0.6 is 0 Å². The summed E-state index contributed by atoms with van der Waals surface area (Å²) in [4.78, 5) is 4.22. The first kappa shape index (κ1) is 13.1. The van der Waals surface area contributed by atoms with Crippen LogP contribution in [0.4, 0.5) is 0 Å². The molecule has 0 aromatic carbocycles. The van der Waals surface area contributed by atoms with E-state index in [1.807, 2.05) is 7.05 Å². The molecule has 1 heterocycles. The van der Waals surface area contributed by atoms with Crippen LogP contribution in [-0.2, 0) is 13.5 Å². The summed E-state index contributed by atoms with van der Waals surface area (Å²) >= 11 is 0. The Balaban J connectivity index is 1.58. The van der Waals surface area contributed by atoms with Crippen molar-refractivity contribution in [1.29, 1.82) is 0 Å². The fourth-order valence-corrected chi connectivity index (χ4v) is 4.12. The number of aryl methyl sites for hydroxylation is 1. The molecule has 4 nitrogen and oxygen atoms in total. The highest BCUT2D eigenvalue weighted by atomic mass is 16.3. The molecule has 0 amide bonds. The van der Waals surface area contributed by atoms with Gasteiger partial charge in [0.25, 0.3) is 0 Å². The Morgan fingerprint density at radius 1 is 1.26 bits per heavy atom. The lowest BCUT2D eigenvalue weighted by atomic mass is 9.66. The Bertz CT molecular complexity index is 417. The summed E-state index contributed by atoms with van der Waals surface area (Å²) in [5.41, 5.74) is 0. The van der Waals surface area contributed by atoms with Gasteiger partial charge >= 0.3 is 0 Å². The SMILES string of the molecule is Cn1ncnc1CC(O)C1CCC2CCCCC2C1. The maximum absolute atomic E-state index is 10.5. The quantitative estimate of drug-likeness (QED) is 0.910. The zero-order valence-corrected chi connectivity index (χ0v) is 11.8. The second-order valence-electron chi connectivity index (χ2n) is 6.45. The van der Waals surface area contributed by atoms with Gasteiger partial charge in [0.05, 0.1) is 6.10 Å². The third kappa shape index (κ3) is 2.83. The normalized spacial score (nSPS) is 32.8. The van der Waals surface area contributed by atoms with Crippen LogP contribution in [-0.4, -0.2) is 26.0 Å². The molecule has 106 valence electrons. The molecule has 4 heteroatoms. The molecule has 0 radical (unpaired) electrons. The molecular weight excluding hydrogens is 238 g/mol. The zero-order valence-electron chi connectivity index (χ0n) is 11.8. The van der Waals surface area contributed by atoms with Gasteiger partial charge in [0, 0.05) is 13.5 Å². The van der Waals surface area contributed by atoms with Crippen molar-refractivity contribution < 1.29 is 5.11 Å². The van der Waals surface area contributed by atoms with E-state index in [0.717, 1.165) is 17.7 Å². The first-order chi connectivity index (χ1) is 9.24. The van der Waals surface area contributed by atoms with Gasteiger partial charge in [-0.1, -0.05) is 25.7 Å². The summed E-state index contributed by atoms with van der Waals surface area (Å²) in [5.74, 6) is 3.20. The van der Waals surface area contributed by atoms with Crippen molar-refractivity contribution >= 4 is 0 Å². The van der Waals surface area contributed by atoms with Crippen LogP contribution in [0.1, 0.15) is 50.8 Å². The van der Waals surface area contributed by atoms with E-state index in [0.29, 0.717) is 12.3 Å². The van der Waals surface area contributed by atoms with Crippen LogP contribution in [0.5, 0.6) is 0 Å². The number of aliphatic hydroxyl groups excluding tert-OH is 1. The fourth-order valence-electron chi connectivity index (χ4n) is 4.12. The lowest BCUT2D eigenvalue weighted by Crippen LogP contribution is -2.34. The molecule has 19 heavy (non-hydrogen) atoms. The van der Waals surface area contributed by atoms with E-state index in [-0.39, 0.29) is 6.10 Å². The molecule has 1 aromatic rings. The number of nitrogens with zero attached hydrogens (tertiary/aromatic N) is 3. The largest absolute Gasteiger partial charge is 0.392 e. The second-order valence-corrected chi connectivity index (χ2v) is 6.45. The van der Waals surface area contributed by atoms with Gasteiger partial charge in [0.1, 0.15) is 12.2 Å². The molecule has 3 rings (SSSR count). The van der Waals surface area contributed by atoms with E-state index < -0.39 is 0 Å². The van der Waals surface area contributed by atoms with E-state index in [1.165, 1.54) is 44.9 Å². The second kappa shape index (κ2) is 5.61. The lowest BCUT2D eigenvalue weighted by Gasteiger charge is -2.40. The van der Waals surface area contributed by atoms with Crippen molar-refractivity contribution in [3.8, 4) is 0 Å². The molecule has 0 saturated heterocycles. The van der Waals surface area contributed by atoms with Crippen molar-refractivity contribution in [2.24, 2.45) is 24.8 Å². The summed E-state index contributed by atoms with van der Waals surface area (Å²) in [6.07, 6.45) is 11.4. The zero-order chi connectivity index (χ0) is 13.2. The van der Waals surface area contributed by atoms with Crippen LogP contribution < -0.4 is 0 Å². The van der Waals surface area contributed by atoms with Gasteiger partial charge in [-0.3, -0.25) is 4.68 Å². The fraction of sp³-hybridized carbons (Fsp3) is 0.867.